The van der Waals surface area contributed by atoms with Gasteiger partial charge in [-0.25, -0.2) is 4.68 Å². The number of hydrogen-bond donors (Lipinski definition) is 2. The molecule has 0 radical (unpaired) electrons. The molecule has 6 rings (SSSR count). The minimum Gasteiger partial charge on any atom is -0.497 e. The second-order valence-corrected chi connectivity index (χ2v) is 10.1. The molecule has 8 heteroatoms. The van der Waals surface area contributed by atoms with Crippen molar-refractivity contribution in [1.82, 2.24) is 9.78 Å². The number of aromatic nitrogens is 2. The van der Waals surface area contributed by atoms with Gasteiger partial charge in [0.25, 0.3) is 5.56 Å². The first-order chi connectivity index (χ1) is 14.8. The highest BCUT2D eigenvalue weighted by Gasteiger charge is 2.59. The normalized spacial score (nSPS) is 30.9. The van der Waals surface area contributed by atoms with Crippen LogP contribution in [0.3, 0.4) is 0 Å². The van der Waals surface area contributed by atoms with Crippen LogP contribution in [0.25, 0.3) is 0 Å². The number of carboxylic acids is 1. The molecule has 0 aliphatic heterocycles. The third-order valence-corrected chi connectivity index (χ3v) is 7.76. The number of rotatable bonds is 6. The van der Waals surface area contributed by atoms with Crippen molar-refractivity contribution in [2.24, 2.45) is 17.3 Å². The molecule has 0 spiro atoms. The lowest BCUT2D eigenvalue weighted by atomic mass is 9.46. The van der Waals surface area contributed by atoms with Crippen molar-refractivity contribution in [2.45, 2.75) is 50.5 Å². The summed E-state index contributed by atoms with van der Waals surface area (Å²) in [6, 6.07) is 7.36. The monoisotopic (exact) mass is 443 g/mol. The van der Waals surface area contributed by atoms with E-state index in [1.807, 2.05) is 24.3 Å². The van der Waals surface area contributed by atoms with E-state index in [2.05, 4.69) is 10.4 Å². The highest BCUT2D eigenvalue weighted by atomic mass is 35.5. The number of nitrogens with zero attached hydrogens (tertiary/aromatic N) is 2. The second kappa shape index (κ2) is 7.26. The maximum atomic E-state index is 13.3. The van der Waals surface area contributed by atoms with Gasteiger partial charge in [0.1, 0.15) is 10.8 Å². The van der Waals surface area contributed by atoms with Crippen molar-refractivity contribution in [3.05, 3.63) is 45.8 Å². The first-order valence-corrected chi connectivity index (χ1v) is 11.1. The lowest BCUT2D eigenvalue weighted by Gasteiger charge is -2.61. The molecule has 31 heavy (non-hydrogen) atoms. The number of nitrogens with one attached hydrogen (secondary N) is 1. The summed E-state index contributed by atoms with van der Waals surface area (Å²) in [5.74, 6) is 0.832. The SMILES string of the molecule is COc1cccc(Nc2cnn(C34C[C@@H]5C[C@H](CC(CC(=O)O)(C5)C3)C4)c(=O)c2Cl)c1. The van der Waals surface area contributed by atoms with Crippen molar-refractivity contribution in [3.8, 4) is 5.75 Å². The molecule has 4 fully saturated rings. The zero-order chi connectivity index (χ0) is 21.8. The molecule has 4 bridgehead atoms. The van der Waals surface area contributed by atoms with Crippen LogP contribution in [0.4, 0.5) is 11.4 Å². The number of halogens is 1. The maximum Gasteiger partial charge on any atom is 0.303 e. The van der Waals surface area contributed by atoms with Gasteiger partial charge in [0.2, 0.25) is 0 Å². The Hall–Kier alpha value is -2.54. The third-order valence-electron chi connectivity index (χ3n) is 7.39. The van der Waals surface area contributed by atoms with Gasteiger partial charge in [0, 0.05) is 11.8 Å². The molecule has 2 aromatic rings. The van der Waals surface area contributed by atoms with Crippen LogP contribution in [0.5, 0.6) is 5.75 Å². The molecule has 1 aromatic carbocycles. The van der Waals surface area contributed by atoms with Crippen molar-refractivity contribution in [2.75, 3.05) is 12.4 Å². The smallest absolute Gasteiger partial charge is 0.303 e. The summed E-state index contributed by atoms with van der Waals surface area (Å²) < 4.78 is 6.81. The van der Waals surface area contributed by atoms with E-state index in [1.165, 1.54) is 0 Å². The Bertz CT molecular complexity index is 1080. The van der Waals surface area contributed by atoms with E-state index in [0.717, 1.165) is 37.8 Å². The molecular formula is C23H26ClN3O4. The Morgan fingerprint density at radius 3 is 2.74 bits per heavy atom. The van der Waals surface area contributed by atoms with E-state index in [4.69, 9.17) is 16.3 Å². The van der Waals surface area contributed by atoms with Gasteiger partial charge in [-0.15, -0.1) is 0 Å². The molecule has 1 aromatic heterocycles. The van der Waals surface area contributed by atoms with E-state index >= 15 is 0 Å². The van der Waals surface area contributed by atoms with Crippen LogP contribution in [0.1, 0.15) is 44.9 Å². The lowest BCUT2D eigenvalue weighted by molar-refractivity contribution is -0.151. The molecule has 0 saturated heterocycles. The minimum atomic E-state index is -0.756. The van der Waals surface area contributed by atoms with Crippen LogP contribution in [0.2, 0.25) is 5.02 Å². The van der Waals surface area contributed by atoms with Gasteiger partial charge in [-0.2, -0.15) is 5.10 Å². The van der Waals surface area contributed by atoms with Crippen LogP contribution >= 0.6 is 11.6 Å². The summed E-state index contributed by atoms with van der Waals surface area (Å²) in [7, 11) is 1.59. The molecule has 2 N–H and O–H groups in total. The van der Waals surface area contributed by atoms with Crippen molar-refractivity contribution in [1.29, 1.82) is 0 Å². The van der Waals surface area contributed by atoms with Gasteiger partial charge in [-0.3, -0.25) is 9.59 Å². The number of methoxy groups -OCH3 is 1. The average molecular weight is 444 g/mol. The fraction of sp³-hybridized carbons (Fsp3) is 0.522. The number of ether oxygens (including phenoxy) is 1. The van der Waals surface area contributed by atoms with Gasteiger partial charge in [-0.1, -0.05) is 17.7 Å². The number of carbonyl (C=O) groups is 1. The van der Waals surface area contributed by atoms with E-state index in [1.54, 1.807) is 18.0 Å². The van der Waals surface area contributed by atoms with Crippen molar-refractivity contribution >= 4 is 28.9 Å². The molecule has 1 heterocycles. The molecular weight excluding hydrogens is 418 g/mol. The number of carboxylic acid groups (broad SMARTS) is 1. The summed E-state index contributed by atoms with van der Waals surface area (Å²) >= 11 is 6.52. The van der Waals surface area contributed by atoms with Crippen molar-refractivity contribution in [3.63, 3.8) is 0 Å². The Morgan fingerprint density at radius 2 is 2.06 bits per heavy atom. The summed E-state index contributed by atoms with van der Waals surface area (Å²) in [6.07, 6.45) is 7.20. The average Bonchev–Trinajstić information content (AvgIpc) is 2.69. The quantitative estimate of drug-likeness (QED) is 0.686. The Kier molecular flexibility index (Phi) is 4.77. The first-order valence-electron chi connectivity index (χ1n) is 10.7. The third kappa shape index (κ3) is 3.49. The van der Waals surface area contributed by atoms with Crippen LogP contribution in [-0.4, -0.2) is 28.0 Å². The molecule has 0 amide bonds. The van der Waals surface area contributed by atoms with E-state index in [-0.39, 0.29) is 22.4 Å². The highest BCUT2D eigenvalue weighted by Crippen LogP contribution is 2.65. The van der Waals surface area contributed by atoms with E-state index in [9.17, 15) is 14.7 Å². The number of anilines is 2. The molecule has 4 aliphatic rings. The fourth-order valence-electron chi connectivity index (χ4n) is 6.89. The summed E-state index contributed by atoms with van der Waals surface area (Å²) in [5, 5.41) is 17.3. The van der Waals surface area contributed by atoms with E-state index < -0.39 is 11.5 Å². The Balaban J connectivity index is 1.49. The predicted octanol–water partition coefficient (Wildman–Crippen LogP) is 4.42. The highest BCUT2D eigenvalue weighted by molar-refractivity contribution is 6.33. The number of hydrogen-bond acceptors (Lipinski definition) is 5. The fourth-order valence-corrected chi connectivity index (χ4v) is 7.07. The van der Waals surface area contributed by atoms with Gasteiger partial charge in [-0.05, 0) is 67.9 Å². The Morgan fingerprint density at radius 1 is 1.32 bits per heavy atom. The summed E-state index contributed by atoms with van der Waals surface area (Å²) in [5.41, 5.74) is 0.203. The van der Waals surface area contributed by atoms with Gasteiger partial charge < -0.3 is 15.2 Å². The largest absolute Gasteiger partial charge is 0.497 e. The van der Waals surface area contributed by atoms with Crippen LogP contribution in [-0.2, 0) is 10.3 Å². The zero-order valence-electron chi connectivity index (χ0n) is 17.4. The molecule has 7 nitrogen and oxygen atoms in total. The van der Waals surface area contributed by atoms with Crippen LogP contribution < -0.4 is 15.6 Å². The van der Waals surface area contributed by atoms with E-state index in [0.29, 0.717) is 29.7 Å². The van der Waals surface area contributed by atoms with Crippen LogP contribution in [0.15, 0.2) is 35.3 Å². The first kappa shape index (κ1) is 20.4. The van der Waals surface area contributed by atoms with Crippen LogP contribution in [0, 0.1) is 17.3 Å². The molecule has 164 valence electrons. The molecule has 4 aliphatic carbocycles. The standard InChI is InChI=1S/C23H26ClN3O4/c1-31-17-4-2-3-16(6-17)26-18-12-25-27(21(30)20(18)24)23-9-14-5-15(10-23)8-22(7-14,13-23)11-19(28)29/h2-4,6,12,14-15,26H,5,7-11,13H2,1H3,(H,28,29)/t14-,15-,22?,23?/m1/s1. The Labute approximate surface area is 185 Å². The molecule has 2 atom stereocenters. The van der Waals surface area contributed by atoms with Crippen molar-refractivity contribution < 1.29 is 14.6 Å². The summed E-state index contributed by atoms with van der Waals surface area (Å²) in [6.45, 7) is 0. The second-order valence-electron chi connectivity index (χ2n) is 9.70. The number of benzene rings is 1. The van der Waals surface area contributed by atoms with Gasteiger partial charge in [0.15, 0.2) is 0 Å². The zero-order valence-corrected chi connectivity index (χ0v) is 18.2. The lowest BCUT2D eigenvalue weighted by Crippen LogP contribution is -2.59. The predicted molar refractivity (Wildman–Crippen MR) is 117 cm³/mol. The topological polar surface area (TPSA) is 93.4 Å². The van der Waals surface area contributed by atoms with Gasteiger partial charge >= 0.3 is 5.97 Å². The van der Waals surface area contributed by atoms with Gasteiger partial charge in [0.05, 0.1) is 31.0 Å². The summed E-state index contributed by atoms with van der Waals surface area (Å²) in [4.78, 5) is 24.9. The minimum absolute atomic E-state index is 0.0980. The maximum absolute atomic E-state index is 13.3. The molecule has 0 unspecified atom stereocenters. The molecule has 4 saturated carbocycles. The number of aliphatic carboxylic acids is 1.